The van der Waals surface area contributed by atoms with Crippen molar-refractivity contribution < 1.29 is 4.74 Å². The molecule has 3 heteroatoms. The topological polar surface area (TPSA) is 21.3 Å². The zero-order chi connectivity index (χ0) is 10.7. The second-order valence-corrected chi connectivity index (χ2v) is 6.01. The van der Waals surface area contributed by atoms with E-state index < -0.39 is 0 Å². The van der Waals surface area contributed by atoms with Crippen LogP contribution >= 0.6 is 11.8 Å². The number of hydrogen-bond donors (Lipinski definition) is 1. The fourth-order valence-corrected chi connectivity index (χ4v) is 3.02. The SMILES string of the molecule is CSCCC1(CNC2CC2)CCOC1C. The van der Waals surface area contributed by atoms with E-state index in [2.05, 4.69) is 18.5 Å². The average Bonchev–Trinajstić information content (AvgIpc) is 3.00. The van der Waals surface area contributed by atoms with Crippen LogP contribution in [0.5, 0.6) is 0 Å². The summed E-state index contributed by atoms with van der Waals surface area (Å²) in [5.41, 5.74) is 0.422. The molecule has 1 aliphatic carbocycles. The highest BCUT2D eigenvalue weighted by atomic mass is 32.2. The van der Waals surface area contributed by atoms with E-state index in [-0.39, 0.29) is 0 Å². The summed E-state index contributed by atoms with van der Waals surface area (Å²) < 4.78 is 5.77. The van der Waals surface area contributed by atoms with Gasteiger partial charge in [-0.25, -0.2) is 0 Å². The maximum atomic E-state index is 5.77. The van der Waals surface area contributed by atoms with Crippen LogP contribution in [0.4, 0.5) is 0 Å². The van der Waals surface area contributed by atoms with Gasteiger partial charge in [-0.3, -0.25) is 0 Å². The fourth-order valence-electron chi connectivity index (χ4n) is 2.41. The van der Waals surface area contributed by atoms with Gasteiger partial charge in [-0.05, 0) is 44.6 Å². The molecule has 1 saturated heterocycles. The molecule has 2 unspecified atom stereocenters. The molecule has 0 bridgehead atoms. The van der Waals surface area contributed by atoms with E-state index >= 15 is 0 Å². The number of thioether (sulfide) groups is 1. The molecule has 0 aromatic heterocycles. The summed E-state index contributed by atoms with van der Waals surface area (Å²) in [5.74, 6) is 1.26. The number of nitrogens with one attached hydrogen (secondary N) is 1. The molecule has 15 heavy (non-hydrogen) atoms. The lowest BCUT2D eigenvalue weighted by Crippen LogP contribution is -2.40. The minimum atomic E-state index is 0.422. The van der Waals surface area contributed by atoms with Gasteiger partial charge in [0.25, 0.3) is 0 Å². The standard InChI is InChI=1S/C12H23NOS/c1-10-12(5-7-14-10,6-8-15-2)9-13-11-3-4-11/h10-11,13H,3-9H2,1-2H3. The highest BCUT2D eigenvalue weighted by molar-refractivity contribution is 7.98. The number of hydrogen-bond acceptors (Lipinski definition) is 3. The second kappa shape index (κ2) is 5.07. The summed E-state index contributed by atoms with van der Waals surface area (Å²) in [6, 6.07) is 0.823. The molecule has 2 atom stereocenters. The molecule has 0 radical (unpaired) electrons. The molecule has 2 rings (SSSR count). The van der Waals surface area contributed by atoms with Crippen LogP contribution in [0.25, 0.3) is 0 Å². The van der Waals surface area contributed by atoms with Gasteiger partial charge in [-0.15, -0.1) is 0 Å². The molecule has 2 nitrogen and oxygen atoms in total. The van der Waals surface area contributed by atoms with Gasteiger partial charge in [0.1, 0.15) is 0 Å². The van der Waals surface area contributed by atoms with Crippen molar-refractivity contribution in [3.8, 4) is 0 Å². The van der Waals surface area contributed by atoms with Crippen LogP contribution in [-0.4, -0.2) is 37.3 Å². The quantitative estimate of drug-likeness (QED) is 0.755. The smallest absolute Gasteiger partial charge is 0.0616 e. The second-order valence-electron chi connectivity index (χ2n) is 5.02. The first-order valence-corrected chi connectivity index (χ1v) is 7.50. The van der Waals surface area contributed by atoms with Gasteiger partial charge in [0.2, 0.25) is 0 Å². The molecule has 0 amide bonds. The zero-order valence-corrected chi connectivity index (χ0v) is 10.7. The highest BCUT2D eigenvalue weighted by Gasteiger charge is 2.41. The van der Waals surface area contributed by atoms with E-state index in [1.165, 1.54) is 38.0 Å². The maximum Gasteiger partial charge on any atom is 0.0616 e. The number of ether oxygens (including phenoxy) is 1. The molecule has 88 valence electrons. The van der Waals surface area contributed by atoms with Crippen molar-refractivity contribution in [2.75, 3.05) is 25.2 Å². The molecule has 2 aliphatic rings. The summed E-state index contributed by atoms with van der Waals surface area (Å²) in [7, 11) is 0. The zero-order valence-electron chi connectivity index (χ0n) is 9.92. The van der Waals surface area contributed by atoms with Gasteiger partial charge in [0.15, 0.2) is 0 Å². The van der Waals surface area contributed by atoms with Crippen LogP contribution in [0.2, 0.25) is 0 Å². The Morgan fingerprint density at radius 3 is 2.80 bits per heavy atom. The van der Waals surface area contributed by atoms with Gasteiger partial charge in [0.05, 0.1) is 6.10 Å². The molecule has 1 saturated carbocycles. The Labute approximate surface area is 97.5 Å². The first kappa shape index (κ1) is 11.7. The fraction of sp³-hybridized carbons (Fsp3) is 1.00. The summed E-state index contributed by atoms with van der Waals surface area (Å²) in [5, 5.41) is 3.69. The van der Waals surface area contributed by atoms with Crippen molar-refractivity contribution in [2.45, 2.75) is 44.8 Å². The van der Waals surface area contributed by atoms with Gasteiger partial charge in [-0.1, -0.05) is 0 Å². The molecule has 0 aromatic rings. The lowest BCUT2D eigenvalue weighted by atomic mass is 9.79. The van der Waals surface area contributed by atoms with Crippen molar-refractivity contribution >= 4 is 11.8 Å². The van der Waals surface area contributed by atoms with Crippen LogP contribution in [0.1, 0.15) is 32.6 Å². The van der Waals surface area contributed by atoms with Crippen LogP contribution < -0.4 is 5.32 Å². The monoisotopic (exact) mass is 229 g/mol. The Balaban J connectivity index is 1.87. The minimum Gasteiger partial charge on any atom is -0.378 e. The van der Waals surface area contributed by atoms with E-state index in [0.717, 1.165) is 12.6 Å². The molecular formula is C12H23NOS. The molecule has 1 aliphatic heterocycles. The van der Waals surface area contributed by atoms with E-state index in [0.29, 0.717) is 11.5 Å². The van der Waals surface area contributed by atoms with E-state index in [4.69, 9.17) is 4.74 Å². The lowest BCUT2D eigenvalue weighted by Gasteiger charge is -2.32. The Hall–Kier alpha value is 0.270. The first-order valence-electron chi connectivity index (χ1n) is 6.11. The predicted molar refractivity (Wildman–Crippen MR) is 66.5 cm³/mol. The van der Waals surface area contributed by atoms with Gasteiger partial charge in [0, 0.05) is 24.6 Å². The van der Waals surface area contributed by atoms with Crippen LogP contribution in [-0.2, 0) is 4.74 Å². The molecule has 1 N–H and O–H groups in total. The lowest BCUT2D eigenvalue weighted by molar-refractivity contribution is 0.0614. The molecule has 0 spiro atoms. The third-order valence-electron chi connectivity index (χ3n) is 3.95. The Kier molecular flexibility index (Phi) is 3.97. The molecule has 2 fully saturated rings. The van der Waals surface area contributed by atoms with Crippen LogP contribution in [0, 0.1) is 5.41 Å². The summed E-state index contributed by atoms with van der Waals surface area (Å²) >= 11 is 1.96. The summed E-state index contributed by atoms with van der Waals surface area (Å²) in [4.78, 5) is 0. The van der Waals surface area contributed by atoms with Gasteiger partial charge < -0.3 is 10.1 Å². The average molecular weight is 229 g/mol. The van der Waals surface area contributed by atoms with Crippen molar-refractivity contribution in [1.82, 2.24) is 5.32 Å². The maximum absolute atomic E-state index is 5.77. The van der Waals surface area contributed by atoms with Crippen molar-refractivity contribution in [3.05, 3.63) is 0 Å². The Morgan fingerprint density at radius 1 is 1.47 bits per heavy atom. The Morgan fingerprint density at radius 2 is 2.27 bits per heavy atom. The van der Waals surface area contributed by atoms with Crippen molar-refractivity contribution in [3.63, 3.8) is 0 Å². The largest absolute Gasteiger partial charge is 0.378 e. The van der Waals surface area contributed by atoms with Crippen molar-refractivity contribution in [1.29, 1.82) is 0 Å². The molecule has 0 aromatic carbocycles. The van der Waals surface area contributed by atoms with Crippen LogP contribution in [0.15, 0.2) is 0 Å². The van der Waals surface area contributed by atoms with E-state index in [9.17, 15) is 0 Å². The molecular weight excluding hydrogens is 206 g/mol. The minimum absolute atomic E-state index is 0.422. The molecule has 1 heterocycles. The predicted octanol–water partition coefficient (Wildman–Crippen LogP) is 2.29. The van der Waals surface area contributed by atoms with E-state index in [1.807, 2.05) is 11.8 Å². The van der Waals surface area contributed by atoms with Gasteiger partial charge >= 0.3 is 0 Å². The summed E-state index contributed by atoms with van der Waals surface area (Å²) in [6.07, 6.45) is 7.95. The van der Waals surface area contributed by atoms with E-state index in [1.54, 1.807) is 0 Å². The third kappa shape index (κ3) is 2.89. The van der Waals surface area contributed by atoms with Crippen molar-refractivity contribution in [2.24, 2.45) is 5.41 Å². The summed E-state index contributed by atoms with van der Waals surface area (Å²) in [6.45, 7) is 4.38. The Bertz CT molecular complexity index is 208. The highest BCUT2D eigenvalue weighted by Crippen LogP contribution is 2.39. The van der Waals surface area contributed by atoms with Gasteiger partial charge in [-0.2, -0.15) is 11.8 Å². The first-order chi connectivity index (χ1) is 7.27. The number of rotatable bonds is 6. The normalized spacial score (nSPS) is 36.0. The van der Waals surface area contributed by atoms with Crippen LogP contribution in [0.3, 0.4) is 0 Å². The third-order valence-corrected chi connectivity index (χ3v) is 4.57.